The van der Waals surface area contributed by atoms with Gasteiger partial charge in [0.15, 0.2) is 10.2 Å². The van der Waals surface area contributed by atoms with E-state index in [1.165, 1.54) is 11.8 Å². The zero-order valence-electron chi connectivity index (χ0n) is 9.13. The Labute approximate surface area is 105 Å². The Morgan fingerprint density at radius 1 is 1.47 bits per heavy atom. The molecular weight excluding hydrogens is 262 g/mol. The molecule has 0 aromatic carbocycles. The number of carboxylic acid groups (broad SMARTS) is 1. The van der Waals surface area contributed by atoms with Crippen molar-refractivity contribution in [3.63, 3.8) is 0 Å². The van der Waals surface area contributed by atoms with E-state index in [9.17, 15) is 4.79 Å². The van der Waals surface area contributed by atoms with Crippen molar-refractivity contribution >= 4 is 29.1 Å². The molecule has 0 saturated heterocycles. The molecule has 2 rings (SSSR count). The molecule has 90 valence electrons. The molecule has 0 aliphatic heterocycles. The van der Waals surface area contributed by atoms with Crippen molar-refractivity contribution in [3.8, 4) is 0 Å². The zero-order valence-corrected chi connectivity index (χ0v) is 10.8. The predicted molar refractivity (Wildman–Crippen MR) is 62.4 cm³/mol. The highest BCUT2D eigenvalue weighted by molar-refractivity contribution is 8.00. The normalized spacial score (nSPS) is 10.7. The molecule has 0 amide bonds. The average Bonchev–Trinajstić information content (AvgIpc) is 2.82. The lowest BCUT2D eigenvalue weighted by Gasteiger charge is -1.89. The largest absolute Gasteiger partial charge is 0.477 e. The third-order valence-electron chi connectivity index (χ3n) is 1.87. The van der Waals surface area contributed by atoms with Crippen LogP contribution in [0.1, 0.15) is 27.1 Å². The van der Waals surface area contributed by atoms with Gasteiger partial charge in [0.2, 0.25) is 5.89 Å². The minimum atomic E-state index is -0.942. The summed E-state index contributed by atoms with van der Waals surface area (Å²) in [5.41, 5.74) is 0.536. The van der Waals surface area contributed by atoms with Gasteiger partial charge in [0.05, 0.1) is 11.4 Å². The van der Waals surface area contributed by atoms with Crippen LogP contribution >= 0.6 is 23.1 Å². The first-order valence-electron chi connectivity index (χ1n) is 4.69. The van der Waals surface area contributed by atoms with Crippen LogP contribution in [0.5, 0.6) is 0 Å². The Morgan fingerprint density at radius 2 is 2.24 bits per heavy atom. The Hall–Kier alpha value is -1.41. The molecule has 0 fully saturated rings. The minimum Gasteiger partial charge on any atom is -0.477 e. The van der Waals surface area contributed by atoms with Crippen molar-refractivity contribution in [2.45, 2.75) is 23.9 Å². The number of aromatic carboxylic acids is 1. The van der Waals surface area contributed by atoms with E-state index in [2.05, 4.69) is 15.1 Å². The summed E-state index contributed by atoms with van der Waals surface area (Å²) in [6.45, 7) is 3.40. The molecule has 2 heterocycles. The van der Waals surface area contributed by atoms with Crippen molar-refractivity contribution in [1.29, 1.82) is 0 Å². The van der Waals surface area contributed by atoms with Crippen LogP contribution in [0.2, 0.25) is 0 Å². The van der Waals surface area contributed by atoms with E-state index in [4.69, 9.17) is 9.63 Å². The van der Waals surface area contributed by atoms with Crippen LogP contribution in [0.15, 0.2) is 8.86 Å². The number of aryl methyl sites for hydroxylation is 2. The van der Waals surface area contributed by atoms with Crippen LogP contribution in [0, 0.1) is 13.8 Å². The zero-order chi connectivity index (χ0) is 12.4. The Balaban J connectivity index is 2.04. The molecule has 0 saturated carbocycles. The second-order valence-corrected chi connectivity index (χ2v) is 5.44. The van der Waals surface area contributed by atoms with Crippen LogP contribution in [-0.2, 0) is 5.75 Å². The van der Waals surface area contributed by atoms with Crippen molar-refractivity contribution < 1.29 is 14.4 Å². The van der Waals surface area contributed by atoms with Crippen LogP contribution in [0.4, 0.5) is 0 Å². The van der Waals surface area contributed by atoms with Gasteiger partial charge in [-0.25, -0.2) is 9.78 Å². The monoisotopic (exact) mass is 271 g/mol. The molecule has 0 radical (unpaired) electrons. The van der Waals surface area contributed by atoms with Crippen molar-refractivity contribution in [1.82, 2.24) is 15.1 Å². The lowest BCUT2D eigenvalue weighted by Crippen LogP contribution is -1.94. The maximum absolute atomic E-state index is 10.8. The minimum absolute atomic E-state index is 0.275. The molecule has 0 aliphatic carbocycles. The SMILES string of the molecule is Cc1nc(CSc2nc(C)c(C(=O)O)s2)no1. The summed E-state index contributed by atoms with van der Waals surface area (Å²) in [5.74, 6) is 0.671. The van der Waals surface area contributed by atoms with Crippen LogP contribution in [-0.4, -0.2) is 26.2 Å². The van der Waals surface area contributed by atoms with E-state index < -0.39 is 5.97 Å². The first-order valence-corrected chi connectivity index (χ1v) is 6.49. The number of rotatable bonds is 4. The van der Waals surface area contributed by atoms with E-state index >= 15 is 0 Å². The number of aromatic nitrogens is 3. The summed E-state index contributed by atoms with van der Waals surface area (Å²) in [4.78, 5) is 19.3. The Bertz CT molecular complexity index is 549. The van der Waals surface area contributed by atoms with E-state index in [0.717, 1.165) is 11.3 Å². The highest BCUT2D eigenvalue weighted by atomic mass is 32.2. The topological polar surface area (TPSA) is 89.1 Å². The van der Waals surface area contributed by atoms with Gasteiger partial charge in [0.25, 0.3) is 0 Å². The quantitative estimate of drug-likeness (QED) is 0.852. The molecule has 0 atom stereocenters. The number of hydrogen-bond acceptors (Lipinski definition) is 7. The lowest BCUT2D eigenvalue weighted by molar-refractivity contribution is 0.0701. The number of carboxylic acids is 1. The van der Waals surface area contributed by atoms with Crippen LogP contribution in [0.3, 0.4) is 0 Å². The summed E-state index contributed by atoms with van der Waals surface area (Å²) in [5, 5.41) is 12.6. The summed E-state index contributed by atoms with van der Waals surface area (Å²) < 4.78 is 5.53. The van der Waals surface area contributed by atoms with E-state index in [-0.39, 0.29) is 4.88 Å². The third-order valence-corrected chi connectivity index (χ3v) is 4.15. The standard InChI is InChI=1S/C9H9N3O3S2/c1-4-7(8(13)14)17-9(10-4)16-3-6-11-5(2)15-12-6/h3H2,1-2H3,(H,13,14). The second-order valence-electron chi connectivity index (χ2n) is 3.22. The first-order chi connectivity index (χ1) is 8.06. The van der Waals surface area contributed by atoms with Gasteiger partial charge in [0.1, 0.15) is 4.88 Å². The maximum Gasteiger partial charge on any atom is 0.347 e. The molecular formula is C9H9N3O3S2. The van der Waals surface area contributed by atoms with Crippen LogP contribution < -0.4 is 0 Å². The highest BCUT2D eigenvalue weighted by Gasteiger charge is 2.14. The maximum atomic E-state index is 10.8. The average molecular weight is 271 g/mol. The predicted octanol–water partition coefficient (Wildman–Crippen LogP) is 2.13. The van der Waals surface area contributed by atoms with Crippen molar-refractivity contribution in [3.05, 3.63) is 22.3 Å². The van der Waals surface area contributed by atoms with Gasteiger partial charge >= 0.3 is 5.97 Å². The van der Waals surface area contributed by atoms with Gasteiger partial charge < -0.3 is 9.63 Å². The molecule has 0 unspecified atom stereocenters. The van der Waals surface area contributed by atoms with Gasteiger partial charge in [0, 0.05) is 6.92 Å². The van der Waals surface area contributed by atoms with Gasteiger partial charge in [-0.15, -0.1) is 11.3 Å². The fraction of sp³-hybridized carbons (Fsp3) is 0.333. The smallest absolute Gasteiger partial charge is 0.347 e. The summed E-state index contributed by atoms with van der Waals surface area (Å²) in [6.07, 6.45) is 0. The summed E-state index contributed by atoms with van der Waals surface area (Å²) in [7, 11) is 0. The highest BCUT2D eigenvalue weighted by Crippen LogP contribution is 2.28. The van der Waals surface area contributed by atoms with E-state index in [1.807, 2.05) is 0 Å². The van der Waals surface area contributed by atoms with Gasteiger partial charge in [-0.2, -0.15) is 4.98 Å². The molecule has 2 aromatic rings. The van der Waals surface area contributed by atoms with Crippen molar-refractivity contribution in [2.24, 2.45) is 0 Å². The van der Waals surface area contributed by atoms with Crippen LogP contribution in [0.25, 0.3) is 0 Å². The van der Waals surface area contributed by atoms with E-state index in [0.29, 0.717) is 27.5 Å². The fourth-order valence-corrected chi connectivity index (χ4v) is 3.03. The summed E-state index contributed by atoms with van der Waals surface area (Å²) in [6, 6.07) is 0. The van der Waals surface area contributed by atoms with E-state index in [1.54, 1.807) is 13.8 Å². The number of thioether (sulfide) groups is 1. The van der Waals surface area contributed by atoms with Gasteiger partial charge in [-0.05, 0) is 6.92 Å². The molecule has 8 heteroatoms. The fourth-order valence-electron chi connectivity index (χ4n) is 1.16. The molecule has 17 heavy (non-hydrogen) atoms. The Kier molecular flexibility index (Phi) is 3.43. The number of nitrogens with zero attached hydrogens (tertiary/aromatic N) is 3. The molecule has 1 N–H and O–H groups in total. The molecule has 2 aromatic heterocycles. The Morgan fingerprint density at radius 3 is 2.76 bits per heavy atom. The van der Waals surface area contributed by atoms with Crippen molar-refractivity contribution in [2.75, 3.05) is 0 Å². The molecule has 0 bridgehead atoms. The number of carbonyl (C=O) groups is 1. The first kappa shape index (κ1) is 12.1. The number of thiazole rings is 1. The number of hydrogen-bond donors (Lipinski definition) is 1. The third kappa shape index (κ3) is 2.83. The summed E-state index contributed by atoms with van der Waals surface area (Å²) >= 11 is 2.56. The van der Waals surface area contributed by atoms with Gasteiger partial charge in [-0.3, -0.25) is 0 Å². The molecule has 0 aliphatic rings. The molecule has 0 spiro atoms. The van der Waals surface area contributed by atoms with Gasteiger partial charge in [-0.1, -0.05) is 16.9 Å². The lowest BCUT2D eigenvalue weighted by atomic mass is 10.4. The second kappa shape index (κ2) is 4.84. The molecule has 6 nitrogen and oxygen atoms in total.